The van der Waals surface area contributed by atoms with E-state index in [0.717, 1.165) is 25.9 Å². The number of ether oxygens (including phenoxy) is 1. The van der Waals surface area contributed by atoms with Gasteiger partial charge in [-0.2, -0.15) is 0 Å². The van der Waals surface area contributed by atoms with Crippen molar-refractivity contribution in [3.05, 3.63) is 0 Å². The first-order valence-electron chi connectivity index (χ1n) is 6.70. The zero-order chi connectivity index (χ0) is 12.5. The Morgan fingerprint density at radius 1 is 1.59 bits per heavy atom. The number of hydrogen-bond acceptors (Lipinski definition) is 3. The van der Waals surface area contributed by atoms with Crippen molar-refractivity contribution < 1.29 is 9.53 Å². The zero-order valence-corrected chi connectivity index (χ0v) is 10.9. The molecule has 4 heteroatoms. The fourth-order valence-corrected chi connectivity index (χ4v) is 2.85. The van der Waals surface area contributed by atoms with Crippen LogP contribution in [0, 0.1) is 11.3 Å². The summed E-state index contributed by atoms with van der Waals surface area (Å²) in [4.78, 5) is 14.6. The van der Waals surface area contributed by atoms with Crippen molar-refractivity contribution in [3.8, 4) is 0 Å². The molecule has 2 saturated heterocycles. The summed E-state index contributed by atoms with van der Waals surface area (Å²) in [7, 11) is 0. The molecular formula is C13H24N2O2. The van der Waals surface area contributed by atoms with Gasteiger partial charge in [0, 0.05) is 19.1 Å². The van der Waals surface area contributed by atoms with Gasteiger partial charge in [0.25, 0.3) is 0 Å². The lowest BCUT2D eigenvalue weighted by atomic mass is 9.83. The lowest BCUT2D eigenvalue weighted by Crippen LogP contribution is -2.53. The first kappa shape index (κ1) is 12.8. The maximum atomic E-state index is 12.6. The van der Waals surface area contributed by atoms with Gasteiger partial charge < -0.3 is 15.4 Å². The number of carbonyl (C=O) groups is 1. The van der Waals surface area contributed by atoms with E-state index in [1.807, 2.05) is 11.8 Å². The Bertz CT molecular complexity index is 295. The van der Waals surface area contributed by atoms with E-state index in [1.165, 1.54) is 6.42 Å². The van der Waals surface area contributed by atoms with Gasteiger partial charge in [0.05, 0.1) is 18.6 Å². The van der Waals surface area contributed by atoms with E-state index >= 15 is 0 Å². The molecule has 3 unspecified atom stereocenters. The number of piperidine rings is 1. The number of carbonyl (C=O) groups excluding carboxylic acids is 1. The van der Waals surface area contributed by atoms with Gasteiger partial charge in [-0.15, -0.1) is 0 Å². The number of nitrogens with zero attached hydrogens (tertiary/aromatic N) is 1. The van der Waals surface area contributed by atoms with E-state index < -0.39 is 5.41 Å². The van der Waals surface area contributed by atoms with Crippen molar-refractivity contribution in [3.63, 3.8) is 0 Å². The maximum absolute atomic E-state index is 12.6. The van der Waals surface area contributed by atoms with E-state index in [9.17, 15) is 4.79 Å². The minimum Gasteiger partial charge on any atom is -0.379 e. The van der Waals surface area contributed by atoms with Crippen LogP contribution in [-0.2, 0) is 9.53 Å². The Morgan fingerprint density at radius 2 is 2.35 bits per heavy atom. The highest BCUT2D eigenvalue weighted by Gasteiger charge is 2.46. The SMILES string of the molecule is CCC1CCCN(C(=O)C2(C)COCC2N)C1. The van der Waals surface area contributed by atoms with Crippen LogP contribution in [0.1, 0.15) is 33.1 Å². The van der Waals surface area contributed by atoms with Crippen LogP contribution in [-0.4, -0.2) is 43.2 Å². The Morgan fingerprint density at radius 3 is 2.94 bits per heavy atom. The van der Waals surface area contributed by atoms with Crippen molar-refractivity contribution >= 4 is 5.91 Å². The average Bonchev–Trinajstić information content (AvgIpc) is 2.70. The molecule has 2 fully saturated rings. The molecule has 0 aliphatic carbocycles. The molecule has 4 nitrogen and oxygen atoms in total. The summed E-state index contributed by atoms with van der Waals surface area (Å²) in [5.74, 6) is 0.857. The Labute approximate surface area is 103 Å². The van der Waals surface area contributed by atoms with Crippen molar-refractivity contribution in [1.29, 1.82) is 0 Å². The first-order valence-corrected chi connectivity index (χ1v) is 6.70. The van der Waals surface area contributed by atoms with Crippen molar-refractivity contribution in [2.24, 2.45) is 17.1 Å². The van der Waals surface area contributed by atoms with E-state index in [4.69, 9.17) is 10.5 Å². The lowest BCUT2D eigenvalue weighted by Gasteiger charge is -2.38. The van der Waals surface area contributed by atoms with Crippen LogP contribution in [0.2, 0.25) is 0 Å². The highest BCUT2D eigenvalue weighted by molar-refractivity contribution is 5.83. The second kappa shape index (κ2) is 4.94. The predicted molar refractivity (Wildman–Crippen MR) is 66.5 cm³/mol. The monoisotopic (exact) mass is 240 g/mol. The minimum absolute atomic E-state index is 0.156. The van der Waals surface area contributed by atoms with Gasteiger partial charge in [-0.05, 0) is 25.7 Å². The molecule has 1 amide bonds. The Balaban J connectivity index is 2.04. The van der Waals surface area contributed by atoms with Crippen LogP contribution >= 0.6 is 0 Å². The summed E-state index contributed by atoms with van der Waals surface area (Å²) in [6.07, 6.45) is 3.53. The van der Waals surface area contributed by atoms with Crippen LogP contribution in [0.4, 0.5) is 0 Å². The van der Waals surface area contributed by atoms with Gasteiger partial charge >= 0.3 is 0 Å². The van der Waals surface area contributed by atoms with Crippen LogP contribution in [0.3, 0.4) is 0 Å². The van der Waals surface area contributed by atoms with Crippen LogP contribution in [0.15, 0.2) is 0 Å². The van der Waals surface area contributed by atoms with Crippen molar-refractivity contribution in [2.45, 2.75) is 39.2 Å². The normalized spacial score (nSPS) is 38.4. The summed E-state index contributed by atoms with van der Waals surface area (Å²) in [5.41, 5.74) is 5.51. The Kier molecular flexibility index (Phi) is 3.73. The van der Waals surface area contributed by atoms with E-state index in [1.54, 1.807) is 0 Å². The fraction of sp³-hybridized carbons (Fsp3) is 0.923. The van der Waals surface area contributed by atoms with Gasteiger partial charge in [-0.25, -0.2) is 0 Å². The summed E-state index contributed by atoms with van der Waals surface area (Å²) in [6.45, 7) is 6.91. The molecule has 0 aromatic rings. The van der Waals surface area contributed by atoms with E-state index in [-0.39, 0.29) is 11.9 Å². The molecule has 98 valence electrons. The van der Waals surface area contributed by atoms with Gasteiger partial charge in [-0.3, -0.25) is 4.79 Å². The van der Waals surface area contributed by atoms with Gasteiger partial charge in [-0.1, -0.05) is 13.3 Å². The molecule has 0 aromatic heterocycles. The molecule has 0 radical (unpaired) electrons. The van der Waals surface area contributed by atoms with Gasteiger partial charge in [0.1, 0.15) is 0 Å². The molecule has 0 aromatic carbocycles. The second-order valence-electron chi connectivity index (χ2n) is 5.71. The molecule has 0 saturated carbocycles. The van der Waals surface area contributed by atoms with Crippen LogP contribution < -0.4 is 5.73 Å². The second-order valence-corrected chi connectivity index (χ2v) is 5.71. The topological polar surface area (TPSA) is 55.6 Å². The molecule has 2 aliphatic heterocycles. The fourth-order valence-electron chi connectivity index (χ4n) is 2.85. The number of hydrogen-bond donors (Lipinski definition) is 1. The molecule has 3 atom stereocenters. The summed E-state index contributed by atoms with van der Waals surface area (Å²) < 4.78 is 5.36. The van der Waals surface area contributed by atoms with Crippen molar-refractivity contribution in [2.75, 3.05) is 26.3 Å². The quantitative estimate of drug-likeness (QED) is 0.783. The number of likely N-dealkylation sites (tertiary alicyclic amines) is 1. The molecule has 2 aliphatic rings. The zero-order valence-electron chi connectivity index (χ0n) is 10.9. The molecule has 2 rings (SSSR count). The first-order chi connectivity index (χ1) is 8.08. The largest absolute Gasteiger partial charge is 0.379 e. The highest BCUT2D eigenvalue weighted by Crippen LogP contribution is 2.31. The van der Waals surface area contributed by atoms with Crippen LogP contribution in [0.5, 0.6) is 0 Å². The summed E-state index contributed by atoms with van der Waals surface area (Å²) in [5, 5.41) is 0. The number of amides is 1. The predicted octanol–water partition coefficient (Wildman–Crippen LogP) is 0.999. The lowest BCUT2D eigenvalue weighted by molar-refractivity contribution is -0.143. The standard InChI is InChI=1S/C13H24N2O2/c1-3-10-5-4-6-15(7-10)12(16)13(2)9-17-8-11(13)14/h10-11H,3-9,14H2,1-2H3. The molecule has 2 N–H and O–H groups in total. The van der Waals surface area contributed by atoms with E-state index in [2.05, 4.69) is 6.92 Å². The van der Waals surface area contributed by atoms with Gasteiger partial charge in [0.2, 0.25) is 5.91 Å². The number of nitrogens with two attached hydrogens (primary N) is 1. The molecule has 17 heavy (non-hydrogen) atoms. The van der Waals surface area contributed by atoms with Crippen molar-refractivity contribution in [1.82, 2.24) is 4.90 Å². The molecule has 2 heterocycles. The average molecular weight is 240 g/mol. The third-order valence-corrected chi connectivity index (χ3v) is 4.39. The summed E-state index contributed by atoms with van der Waals surface area (Å²) >= 11 is 0. The number of rotatable bonds is 2. The molecule has 0 bridgehead atoms. The van der Waals surface area contributed by atoms with E-state index in [0.29, 0.717) is 19.1 Å². The van der Waals surface area contributed by atoms with Crippen LogP contribution in [0.25, 0.3) is 0 Å². The maximum Gasteiger partial charge on any atom is 0.232 e. The highest BCUT2D eigenvalue weighted by atomic mass is 16.5. The minimum atomic E-state index is -0.504. The smallest absolute Gasteiger partial charge is 0.232 e. The molecular weight excluding hydrogens is 216 g/mol. The van der Waals surface area contributed by atoms with Gasteiger partial charge in [0.15, 0.2) is 0 Å². The Hall–Kier alpha value is -0.610. The third-order valence-electron chi connectivity index (χ3n) is 4.39. The third kappa shape index (κ3) is 2.33. The summed E-state index contributed by atoms with van der Waals surface area (Å²) in [6, 6.07) is -0.156. The molecule has 0 spiro atoms.